The quantitative estimate of drug-likeness (QED) is 0.409. The number of hydrogen-bond donors (Lipinski definition) is 1. The van der Waals surface area contributed by atoms with Gasteiger partial charge in [-0.3, -0.25) is 9.59 Å². The summed E-state index contributed by atoms with van der Waals surface area (Å²) < 4.78 is 2.78. The van der Waals surface area contributed by atoms with Gasteiger partial charge in [0, 0.05) is 48.1 Å². The van der Waals surface area contributed by atoms with Crippen LogP contribution in [-0.2, 0) is 23.2 Å². The Morgan fingerprint density at radius 1 is 1.13 bits per heavy atom. The van der Waals surface area contributed by atoms with Crippen LogP contribution >= 0.6 is 15.9 Å². The summed E-state index contributed by atoms with van der Waals surface area (Å²) in [5, 5.41) is 15.7. The smallest absolute Gasteiger partial charge is 0.254 e. The lowest BCUT2D eigenvalue weighted by Gasteiger charge is -2.38. The van der Waals surface area contributed by atoms with Gasteiger partial charge in [-0.05, 0) is 67.3 Å². The fourth-order valence-corrected chi connectivity index (χ4v) is 6.41. The molecule has 204 valence electrons. The van der Waals surface area contributed by atoms with Crippen molar-refractivity contribution in [2.24, 2.45) is 0 Å². The van der Waals surface area contributed by atoms with Gasteiger partial charge in [-0.25, -0.2) is 4.68 Å². The first kappa shape index (κ1) is 27.3. The number of rotatable bonds is 5. The molecular formula is C31H35BrN4O3. The second-order valence-electron chi connectivity index (χ2n) is 11.2. The lowest BCUT2D eigenvalue weighted by Crippen LogP contribution is -2.45. The number of hydrogen-bond acceptors (Lipinski definition) is 4. The molecule has 2 amide bonds. The summed E-state index contributed by atoms with van der Waals surface area (Å²) in [6, 6.07) is 13.5. The number of nitrogens with zero attached hydrogens (tertiary/aromatic N) is 4. The highest BCUT2D eigenvalue weighted by atomic mass is 79.9. The van der Waals surface area contributed by atoms with Crippen LogP contribution in [0.1, 0.15) is 78.1 Å². The van der Waals surface area contributed by atoms with Crippen LogP contribution in [0.25, 0.3) is 5.69 Å². The van der Waals surface area contributed by atoms with E-state index < -0.39 is 5.60 Å². The Morgan fingerprint density at radius 2 is 1.85 bits per heavy atom. The molecule has 2 aliphatic rings. The summed E-state index contributed by atoms with van der Waals surface area (Å²) in [5.74, 6) is 0.168. The largest absolute Gasteiger partial charge is 0.386 e. The van der Waals surface area contributed by atoms with E-state index in [1.807, 2.05) is 9.58 Å². The van der Waals surface area contributed by atoms with Gasteiger partial charge in [0.2, 0.25) is 5.91 Å². The predicted octanol–water partition coefficient (Wildman–Crippen LogP) is 5.30. The molecule has 2 aromatic carbocycles. The molecule has 0 fully saturated rings. The zero-order chi connectivity index (χ0) is 28.1. The average molecular weight is 592 g/mol. The molecule has 1 aromatic heterocycles. The van der Waals surface area contributed by atoms with E-state index in [1.165, 1.54) is 11.6 Å². The fourth-order valence-electron chi connectivity index (χ4n) is 5.67. The van der Waals surface area contributed by atoms with Gasteiger partial charge in [0.05, 0.1) is 28.7 Å². The molecule has 1 unspecified atom stereocenters. The highest BCUT2D eigenvalue weighted by molar-refractivity contribution is 9.10. The number of aliphatic hydroxyl groups is 1. The Balaban J connectivity index is 1.57. The standard InChI is InChI=1S/C31H35BrN4O3/c1-6-28(37)34-15-13-25-29-26(36(33-25)22-10-7-20(8-11-22)19(2)3)14-16-35(27(29)18-34)30(38)21-9-12-24(32)23(17-21)31(4,5)39/h6-12,17,19,27,39H,1,13-16,18H2,2-5H3. The van der Waals surface area contributed by atoms with Crippen molar-refractivity contribution in [2.75, 3.05) is 19.6 Å². The van der Waals surface area contributed by atoms with Gasteiger partial charge in [-0.15, -0.1) is 0 Å². The molecule has 1 atom stereocenters. The van der Waals surface area contributed by atoms with Crippen molar-refractivity contribution in [1.29, 1.82) is 0 Å². The molecule has 1 N–H and O–H groups in total. The molecule has 2 aliphatic heterocycles. The Bertz CT molecular complexity index is 1440. The normalized spacial score (nSPS) is 17.2. The van der Waals surface area contributed by atoms with Crippen LogP contribution in [-0.4, -0.2) is 56.1 Å². The van der Waals surface area contributed by atoms with Crippen molar-refractivity contribution in [2.45, 2.75) is 58.1 Å². The summed E-state index contributed by atoms with van der Waals surface area (Å²) >= 11 is 3.51. The van der Waals surface area contributed by atoms with Crippen LogP contribution < -0.4 is 0 Å². The summed E-state index contributed by atoms with van der Waals surface area (Å²) in [6.45, 7) is 12.8. The van der Waals surface area contributed by atoms with Gasteiger partial charge < -0.3 is 14.9 Å². The zero-order valence-corrected chi connectivity index (χ0v) is 24.5. The van der Waals surface area contributed by atoms with Crippen molar-refractivity contribution in [3.8, 4) is 5.69 Å². The number of aromatic nitrogens is 2. The van der Waals surface area contributed by atoms with Gasteiger partial charge in [0.1, 0.15) is 0 Å². The molecule has 3 heterocycles. The van der Waals surface area contributed by atoms with Gasteiger partial charge in [-0.1, -0.05) is 48.5 Å². The molecule has 3 aromatic rings. The van der Waals surface area contributed by atoms with E-state index in [4.69, 9.17) is 5.10 Å². The third-order valence-electron chi connectivity index (χ3n) is 7.83. The van der Waals surface area contributed by atoms with E-state index in [2.05, 4.69) is 60.6 Å². The average Bonchev–Trinajstić information content (AvgIpc) is 3.17. The summed E-state index contributed by atoms with van der Waals surface area (Å²) in [6.07, 6.45) is 2.60. The van der Waals surface area contributed by atoms with Crippen molar-refractivity contribution < 1.29 is 14.7 Å². The molecule has 7 nitrogen and oxygen atoms in total. The van der Waals surface area contributed by atoms with Crippen LogP contribution in [0.4, 0.5) is 0 Å². The number of carbonyl (C=O) groups is 2. The monoisotopic (exact) mass is 590 g/mol. The maximum absolute atomic E-state index is 14.0. The van der Waals surface area contributed by atoms with Crippen LogP contribution in [0.3, 0.4) is 0 Å². The maximum atomic E-state index is 14.0. The maximum Gasteiger partial charge on any atom is 0.254 e. The van der Waals surface area contributed by atoms with Gasteiger partial charge in [0.15, 0.2) is 0 Å². The molecule has 8 heteroatoms. The van der Waals surface area contributed by atoms with Gasteiger partial charge in [0.25, 0.3) is 5.91 Å². The molecule has 5 rings (SSSR count). The minimum absolute atomic E-state index is 0.128. The fraction of sp³-hybridized carbons (Fsp3) is 0.387. The number of amides is 2. The summed E-state index contributed by atoms with van der Waals surface area (Å²) in [5.41, 5.74) is 5.37. The first-order valence-corrected chi connectivity index (χ1v) is 14.2. The lowest BCUT2D eigenvalue weighted by atomic mass is 9.93. The third kappa shape index (κ3) is 5.08. The number of benzene rings is 2. The van der Waals surface area contributed by atoms with Crippen molar-refractivity contribution >= 4 is 27.7 Å². The third-order valence-corrected chi connectivity index (χ3v) is 8.52. The topological polar surface area (TPSA) is 78.7 Å². The Labute approximate surface area is 238 Å². The molecule has 39 heavy (non-hydrogen) atoms. The van der Waals surface area contributed by atoms with E-state index >= 15 is 0 Å². The number of halogens is 1. The Morgan fingerprint density at radius 3 is 2.49 bits per heavy atom. The lowest BCUT2D eigenvalue weighted by molar-refractivity contribution is -0.126. The molecule has 0 aliphatic carbocycles. The van der Waals surface area contributed by atoms with Crippen LogP contribution in [0.5, 0.6) is 0 Å². The van der Waals surface area contributed by atoms with E-state index in [0.717, 1.165) is 27.1 Å². The second kappa shape index (κ2) is 10.4. The summed E-state index contributed by atoms with van der Waals surface area (Å²) in [7, 11) is 0. The SMILES string of the molecule is C=CC(=O)N1CCc2nn(-c3ccc(C(C)C)cc3)c3c2C(C1)N(C(=O)c1ccc(Br)c(C(C)(C)O)c1)CC3. The van der Waals surface area contributed by atoms with Crippen LogP contribution in [0.2, 0.25) is 0 Å². The second-order valence-corrected chi connectivity index (χ2v) is 12.1. The highest BCUT2D eigenvalue weighted by Gasteiger charge is 2.40. The van der Waals surface area contributed by atoms with Crippen molar-refractivity contribution in [3.05, 3.63) is 93.2 Å². The van der Waals surface area contributed by atoms with E-state index in [0.29, 0.717) is 49.5 Å². The molecular weight excluding hydrogens is 556 g/mol. The van der Waals surface area contributed by atoms with Crippen molar-refractivity contribution in [3.63, 3.8) is 0 Å². The Hall–Kier alpha value is -3.23. The predicted molar refractivity (Wildman–Crippen MR) is 155 cm³/mol. The number of carbonyl (C=O) groups excluding carboxylic acids is 2. The Kier molecular flexibility index (Phi) is 7.29. The van der Waals surface area contributed by atoms with Crippen LogP contribution in [0.15, 0.2) is 59.6 Å². The molecule has 0 bridgehead atoms. The first-order chi connectivity index (χ1) is 18.5. The van der Waals surface area contributed by atoms with Gasteiger partial charge >= 0.3 is 0 Å². The minimum Gasteiger partial charge on any atom is -0.386 e. The summed E-state index contributed by atoms with van der Waals surface area (Å²) in [4.78, 5) is 30.4. The van der Waals surface area contributed by atoms with E-state index in [9.17, 15) is 14.7 Å². The van der Waals surface area contributed by atoms with Gasteiger partial charge in [-0.2, -0.15) is 5.10 Å². The minimum atomic E-state index is -1.11. The van der Waals surface area contributed by atoms with E-state index in [-0.39, 0.29) is 17.9 Å². The van der Waals surface area contributed by atoms with E-state index in [1.54, 1.807) is 36.9 Å². The highest BCUT2D eigenvalue weighted by Crippen LogP contribution is 2.38. The zero-order valence-electron chi connectivity index (χ0n) is 22.9. The molecule has 0 saturated carbocycles. The first-order valence-electron chi connectivity index (χ1n) is 13.4. The van der Waals surface area contributed by atoms with Crippen LogP contribution in [0, 0.1) is 0 Å². The van der Waals surface area contributed by atoms with Crippen molar-refractivity contribution in [1.82, 2.24) is 19.6 Å². The molecule has 0 radical (unpaired) electrons. The molecule has 0 saturated heterocycles. The molecule has 0 spiro atoms.